The third kappa shape index (κ3) is 3.48. The number of aliphatic carboxylic acids is 2. The van der Waals surface area contributed by atoms with Crippen LogP contribution in [0.2, 0.25) is 0 Å². The maximum atomic E-state index is 10.7. The van der Waals surface area contributed by atoms with Gasteiger partial charge in [0.05, 0.1) is 4.92 Å². The average molecular weight is 250 g/mol. The molecular formula is C8H7N2NaO6. The second kappa shape index (κ2) is 6.28. The fourth-order valence-electron chi connectivity index (χ4n) is 1.13. The van der Waals surface area contributed by atoms with Crippen LogP contribution in [0.4, 0.5) is 5.69 Å². The van der Waals surface area contributed by atoms with Crippen LogP contribution in [0.3, 0.4) is 0 Å². The number of carbonyl (C=O) groups is 2. The van der Waals surface area contributed by atoms with E-state index in [0.29, 0.717) is 0 Å². The van der Waals surface area contributed by atoms with Crippen LogP contribution < -0.4 is 29.6 Å². The Morgan fingerprint density at radius 1 is 1.41 bits per heavy atom. The van der Waals surface area contributed by atoms with Gasteiger partial charge in [-0.05, 0) is 6.07 Å². The second-order valence-corrected chi connectivity index (χ2v) is 2.77. The molecular weight excluding hydrogens is 243 g/mol. The molecule has 0 unspecified atom stereocenters. The molecule has 1 heterocycles. The molecule has 0 fully saturated rings. The second-order valence-electron chi connectivity index (χ2n) is 2.77. The van der Waals surface area contributed by atoms with Crippen molar-refractivity contribution in [1.82, 2.24) is 4.98 Å². The summed E-state index contributed by atoms with van der Waals surface area (Å²) in [6.45, 7) is 0. The number of nitro groups is 1. The van der Waals surface area contributed by atoms with Crippen LogP contribution in [0, 0.1) is 10.1 Å². The number of rotatable bonds is 4. The van der Waals surface area contributed by atoms with Crippen LogP contribution in [0.25, 0.3) is 0 Å². The minimum atomic E-state index is -2.04. The molecule has 9 heteroatoms. The minimum Gasteiger partial charge on any atom is -1.00 e. The van der Waals surface area contributed by atoms with Crippen molar-refractivity contribution < 1.29 is 55.7 Å². The summed E-state index contributed by atoms with van der Waals surface area (Å²) < 4.78 is 0. The Labute approximate surface area is 118 Å². The van der Waals surface area contributed by atoms with Crippen molar-refractivity contribution >= 4 is 17.6 Å². The molecule has 0 aliphatic heterocycles. The van der Waals surface area contributed by atoms with Gasteiger partial charge in [-0.1, -0.05) is 0 Å². The summed E-state index contributed by atoms with van der Waals surface area (Å²) in [5.41, 5.74) is -1.22. The molecule has 0 aromatic carbocycles. The largest absolute Gasteiger partial charge is 1.00 e. The number of hydrogen-bond donors (Lipinski definition) is 2. The van der Waals surface area contributed by atoms with Gasteiger partial charge in [-0.2, -0.15) is 0 Å². The van der Waals surface area contributed by atoms with Crippen molar-refractivity contribution in [3.05, 3.63) is 34.1 Å². The SMILES string of the molecule is O=C(O)C(C(=O)O)c1ncccc1[N+](=O)[O-].[H-].[Na+]. The van der Waals surface area contributed by atoms with Crippen LogP contribution in [0.5, 0.6) is 0 Å². The van der Waals surface area contributed by atoms with E-state index < -0.39 is 34.2 Å². The molecule has 2 N–H and O–H groups in total. The van der Waals surface area contributed by atoms with Crippen molar-refractivity contribution in [1.29, 1.82) is 0 Å². The third-order valence-corrected chi connectivity index (χ3v) is 1.78. The van der Waals surface area contributed by atoms with Crippen LogP contribution >= 0.6 is 0 Å². The number of aromatic nitrogens is 1. The molecule has 0 amide bonds. The number of hydrogen-bond acceptors (Lipinski definition) is 5. The summed E-state index contributed by atoms with van der Waals surface area (Å²) in [6, 6.07) is 2.23. The van der Waals surface area contributed by atoms with Gasteiger partial charge in [0.25, 0.3) is 5.69 Å². The van der Waals surface area contributed by atoms with Gasteiger partial charge >= 0.3 is 41.5 Å². The van der Waals surface area contributed by atoms with Gasteiger partial charge in [-0.3, -0.25) is 24.7 Å². The van der Waals surface area contributed by atoms with Crippen LogP contribution in [0.1, 0.15) is 13.0 Å². The number of pyridine rings is 1. The topological polar surface area (TPSA) is 131 Å². The zero-order valence-electron chi connectivity index (χ0n) is 9.73. The zero-order chi connectivity index (χ0) is 12.3. The van der Waals surface area contributed by atoms with Crippen molar-refractivity contribution in [2.24, 2.45) is 0 Å². The molecule has 0 bridgehead atoms. The third-order valence-electron chi connectivity index (χ3n) is 1.78. The Hall–Kier alpha value is -1.51. The van der Waals surface area contributed by atoms with Gasteiger partial charge < -0.3 is 11.6 Å². The molecule has 17 heavy (non-hydrogen) atoms. The van der Waals surface area contributed by atoms with E-state index in [2.05, 4.69) is 4.98 Å². The molecule has 0 aliphatic rings. The molecule has 0 radical (unpaired) electrons. The fraction of sp³-hybridized carbons (Fsp3) is 0.125. The molecule has 1 aromatic rings. The van der Waals surface area contributed by atoms with Crippen LogP contribution in [-0.2, 0) is 9.59 Å². The first-order valence-corrected chi connectivity index (χ1v) is 4.00. The van der Waals surface area contributed by atoms with E-state index in [1.807, 2.05) is 0 Å². The number of carboxylic acids is 2. The minimum absolute atomic E-state index is 0. The van der Waals surface area contributed by atoms with Gasteiger partial charge in [-0.25, -0.2) is 0 Å². The molecule has 0 spiro atoms. The van der Waals surface area contributed by atoms with Gasteiger partial charge in [0.15, 0.2) is 0 Å². The van der Waals surface area contributed by atoms with Gasteiger partial charge in [0, 0.05) is 12.3 Å². The average Bonchev–Trinajstić information content (AvgIpc) is 2.17. The van der Waals surface area contributed by atoms with Gasteiger partial charge in [-0.15, -0.1) is 0 Å². The van der Waals surface area contributed by atoms with E-state index in [1.54, 1.807) is 0 Å². The Bertz CT molecular complexity index is 455. The van der Waals surface area contributed by atoms with E-state index in [4.69, 9.17) is 10.2 Å². The smallest absolute Gasteiger partial charge is 1.00 e. The molecule has 0 saturated heterocycles. The van der Waals surface area contributed by atoms with Crippen molar-refractivity contribution in [2.45, 2.75) is 5.92 Å². The Kier molecular flexibility index (Phi) is 5.72. The fourth-order valence-corrected chi connectivity index (χ4v) is 1.13. The molecule has 0 saturated carbocycles. The Morgan fingerprint density at radius 2 is 1.94 bits per heavy atom. The van der Waals surface area contributed by atoms with Crippen molar-refractivity contribution in [3.8, 4) is 0 Å². The molecule has 1 rings (SSSR count). The van der Waals surface area contributed by atoms with Crippen LogP contribution in [0.15, 0.2) is 18.3 Å². The molecule has 0 atom stereocenters. The normalized spacial score (nSPS) is 9.47. The predicted molar refractivity (Wildman–Crippen MR) is 50.0 cm³/mol. The van der Waals surface area contributed by atoms with E-state index in [9.17, 15) is 19.7 Å². The van der Waals surface area contributed by atoms with Crippen molar-refractivity contribution in [3.63, 3.8) is 0 Å². The van der Waals surface area contributed by atoms with E-state index in [1.165, 1.54) is 6.07 Å². The summed E-state index contributed by atoms with van der Waals surface area (Å²) >= 11 is 0. The zero-order valence-corrected chi connectivity index (χ0v) is 10.7. The molecule has 86 valence electrons. The Morgan fingerprint density at radius 3 is 2.35 bits per heavy atom. The monoisotopic (exact) mass is 250 g/mol. The molecule has 0 aliphatic carbocycles. The van der Waals surface area contributed by atoms with E-state index in [-0.39, 0.29) is 31.0 Å². The summed E-state index contributed by atoms with van der Waals surface area (Å²) in [6.07, 6.45) is 1.10. The van der Waals surface area contributed by atoms with Gasteiger partial charge in [0.1, 0.15) is 5.69 Å². The van der Waals surface area contributed by atoms with E-state index in [0.717, 1.165) is 12.3 Å². The first kappa shape index (κ1) is 15.5. The number of nitrogens with zero attached hydrogens (tertiary/aromatic N) is 2. The Balaban J connectivity index is 0. The first-order chi connectivity index (χ1) is 7.45. The first-order valence-electron chi connectivity index (χ1n) is 4.00. The standard InChI is InChI=1S/C8H6N2O6.Na.H/c11-7(12)5(8(13)14)6-4(10(15)16)2-1-3-9-6;;/h1-3,5H,(H,11,12)(H,13,14);;/q;+1;-1. The maximum Gasteiger partial charge on any atom is 1.00 e. The van der Waals surface area contributed by atoms with Crippen molar-refractivity contribution in [2.75, 3.05) is 0 Å². The maximum absolute atomic E-state index is 10.7. The summed E-state index contributed by atoms with van der Waals surface area (Å²) in [7, 11) is 0. The molecule has 8 nitrogen and oxygen atoms in total. The van der Waals surface area contributed by atoms with E-state index >= 15 is 0 Å². The summed E-state index contributed by atoms with van der Waals surface area (Å²) in [4.78, 5) is 34.5. The quantitative estimate of drug-likeness (QED) is 0.258. The van der Waals surface area contributed by atoms with Crippen LogP contribution in [-0.4, -0.2) is 32.1 Å². The predicted octanol–water partition coefficient (Wildman–Crippen LogP) is -2.64. The summed E-state index contributed by atoms with van der Waals surface area (Å²) in [5.74, 6) is -5.44. The van der Waals surface area contributed by atoms with Gasteiger partial charge in [0.2, 0.25) is 5.92 Å². The molecule has 1 aromatic heterocycles. The number of carboxylic acid groups (broad SMARTS) is 2. The summed E-state index contributed by atoms with van der Waals surface area (Å²) in [5, 5.41) is 27.9.